The van der Waals surface area contributed by atoms with Crippen molar-refractivity contribution in [2.24, 2.45) is 0 Å². The maximum Gasteiger partial charge on any atom is 0.0234 e. The summed E-state index contributed by atoms with van der Waals surface area (Å²) in [5.74, 6) is 0. The number of nitrogens with zero attached hydrogens (tertiary/aromatic N) is 1. The number of hydrogen-bond acceptors (Lipinski definition) is 1. The van der Waals surface area contributed by atoms with Gasteiger partial charge in [-0.15, -0.1) is 0 Å². The lowest BCUT2D eigenvalue weighted by atomic mass is 9.66. The fraction of sp³-hybridized carbons (Fsp3) is 0.667. The van der Waals surface area contributed by atoms with Gasteiger partial charge in [0.2, 0.25) is 0 Å². The molecule has 1 atom stereocenters. The lowest BCUT2D eigenvalue weighted by molar-refractivity contribution is 0.203. The molecular weight excluding hydrogens is 230 g/mol. The van der Waals surface area contributed by atoms with Crippen LogP contribution in [0.2, 0.25) is 0 Å². The minimum Gasteiger partial charge on any atom is -0.301 e. The third kappa shape index (κ3) is 2.12. The Morgan fingerprint density at radius 1 is 1.16 bits per heavy atom. The van der Waals surface area contributed by atoms with Crippen molar-refractivity contribution < 1.29 is 0 Å². The second kappa shape index (κ2) is 4.09. The number of benzene rings is 1. The molecule has 0 saturated heterocycles. The molecule has 1 aliphatic carbocycles. The van der Waals surface area contributed by atoms with Crippen LogP contribution in [0.1, 0.15) is 62.8 Å². The van der Waals surface area contributed by atoms with E-state index in [1.165, 1.54) is 31.4 Å². The van der Waals surface area contributed by atoms with Crippen LogP contribution < -0.4 is 0 Å². The lowest BCUT2D eigenvalue weighted by Crippen LogP contribution is -2.44. The largest absolute Gasteiger partial charge is 0.301 e. The normalized spacial score (nSPS) is 27.2. The zero-order chi connectivity index (χ0) is 13.8. The maximum absolute atomic E-state index is 2.50. The van der Waals surface area contributed by atoms with Crippen molar-refractivity contribution in [3.05, 3.63) is 34.4 Å². The Hall–Kier alpha value is -0.820. The maximum atomic E-state index is 2.50. The van der Waals surface area contributed by atoms with Gasteiger partial charge in [-0.05, 0) is 54.0 Å². The van der Waals surface area contributed by atoms with Gasteiger partial charge in [-0.3, -0.25) is 0 Å². The van der Waals surface area contributed by atoms with Crippen LogP contribution in [0.3, 0.4) is 0 Å². The topological polar surface area (TPSA) is 3.24 Å². The molecule has 0 N–H and O–H groups in total. The molecule has 0 fully saturated rings. The summed E-state index contributed by atoms with van der Waals surface area (Å²) >= 11 is 0. The highest BCUT2D eigenvalue weighted by Gasteiger charge is 2.38. The molecule has 1 heteroatoms. The van der Waals surface area contributed by atoms with E-state index >= 15 is 0 Å². The highest BCUT2D eigenvalue weighted by atomic mass is 15.1. The molecule has 0 amide bonds. The van der Waals surface area contributed by atoms with Crippen LogP contribution in [0.5, 0.6) is 0 Å². The molecule has 3 rings (SSSR count). The predicted octanol–water partition coefficient (Wildman–Crippen LogP) is 4.02. The summed E-state index contributed by atoms with van der Waals surface area (Å²) in [5, 5.41) is 0. The van der Waals surface area contributed by atoms with Gasteiger partial charge >= 0.3 is 0 Å². The smallest absolute Gasteiger partial charge is 0.0234 e. The fourth-order valence-corrected chi connectivity index (χ4v) is 4.19. The molecule has 0 bridgehead atoms. The van der Waals surface area contributed by atoms with Crippen LogP contribution in [0, 0.1) is 0 Å². The molecular formula is C18H27N. The molecule has 1 heterocycles. The van der Waals surface area contributed by atoms with E-state index in [2.05, 4.69) is 51.8 Å². The fourth-order valence-electron chi connectivity index (χ4n) is 4.19. The quantitative estimate of drug-likeness (QED) is 0.678. The molecule has 104 valence electrons. The van der Waals surface area contributed by atoms with E-state index < -0.39 is 0 Å². The monoisotopic (exact) mass is 257 g/mol. The number of likely N-dealkylation sites (N-methyl/N-ethyl adjacent to an activating group) is 1. The molecule has 0 saturated carbocycles. The van der Waals surface area contributed by atoms with Crippen molar-refractivity contribution in [3.8, 4) is 0 Å². The van der Waals surface area contributed by atoms with Gasteiger partial charge in [0.25, 0.3) is 0 Å². The Morgan fingerprint density at radius 3 is 2.53 bits per heavy atom. The Bertz CT molecular complexity index is 509. The zero-order valence-electron chi connectivity index (χ0n) is 13.1. The molecule has 1 aromatic rings. The third-order valence-corrected chi connectivity index (χ3v) is 5.01. The third-order valence-electron chi connectivity index (χ3n) is 5.01. The van der Waals surface area contributed by atoms with E-state index in [1.54, 1.807) is 16.7 Å². The first-order valence-electron chi connectivity index (χ1n) is 7.65. The molecule has 0 unspecified atom stereocenters. The van der Waals surface area contributed by atoms with Gasteiger partial charge in [-0.2, -0.15) is 0 Å². The first kappa shape index (κ1) is 13.2. The second-order valence-electron chi connectivity index (χ2n) is 8.01. The molecule has 0 radical (unpaired) electrons. The standard InChI is InChI=1S/C18H27N/c1-17(2,3)15-9-13-7-6-8-18(4)12-19(5)11-14(10-15)16(13)18/h9-10H,6-8,11-12H2,1-5H3/t18-/m1/s1. The molecule has 0 aromatic heterocycles. The van der Waals surface area contributed by atoms with E-state index in [0.29, 0.717) is 5.41 Å². The highest BCUT2D eigenvalue weighted by Crippen LogP contribution is 2.44. The van der Waals surface area contributed by atoms with Gasteiger partial charge in [0.15, 0.2) is 0 Å². The average Bonchev–Trinajstić information content (AvgIpc) is 2.25. The van der Waals surface area contributed by atoms with Gasteiger partial charge < -0.3 is 4.90 Å². The van der Waals surface area contributed by atoms with Crippen LogP contribution in [-0.2, 0) is 23.8 Å². The Balaban J connectivity index is 2.20. The minimum absolute atomic E-state index is 0.259. The van der Waals surface area contributed by atoms with E-state index in [1.807, 2.05) is 0 Å². The van der Waals surface area contributed by atoms with Gasteiger partial charge in [0, 0.05) is 18.5 Å². The SMILES string of the molecule is CN1Cc2cc(C(C)(C)C)cc3c2[C@](C)(CCC3)C1. The van der Waals surface area contributed by atoms with Crippen molar-refractivity contribution in [2.45, 2.75) is 64.3 Å². The van der Waals surface area contributed by atoms with Crippen LogP contribution in [0.25, 0.3) is 0 Å². The Morgan fingerprint density at radius 2 is 1.84 bits per heavy atom. The Kier molecular flexibility index (Phi) is 2.83. The first-order valence-corrected chi connectivity index (χ1v) is 7.65. The van der Waals surface area contributed by atoms with Crippen molar-refractivity contribution in [1.82, 2.24) is 4.90 Å². The summed E-state index contributed by atoms with van der Waals surface area (Å²) in [4.78, 5) is 2.50. The molecule has 2 aliphatic rings. The summed E-state index contributed by atoms with van der Waals surface area (Å²) in [6, 6.07) is 4.99. The zero-order valence-corrected chi connectivity index (χ0v) is 13.1. The molecule has 1 aliphatic heterocycles. The number of aryl methyl sites for hydroxylation is 1. The van der Waals surface area contributed by atoms with Crippen molar-refractivity contribution >= 4 is 0 Å². The lowest BCUT2D eigenvalue weighted by Gasteiger charge is -2.45. The van der Waals surface area contributed by atoms with E-state index in [9.17, 15) is 0 Å². The van der Waals surface area contributed by atoms with Gasteiger partial charge in [0.1, 0.15) is 0 Å². The molecule has 1 nitrogen and oxygen atoms in total. The summed E-state index contributed by atoms with van der Waals surface area (Å²) < 4.78 is 0. The van der Waals surface area contributed by atoms with E-state index in [-0.39, 0.29) is 5.41 Å². The van der Waals surface area contributed by atoms with Crippen LogP contribution in [0.4, 0.5) is 0 Å². The van der Waals surface area contributed by atoms with Crippen molar-refractivity contribution in [3.63, 3.8) is 0 Å². The van der Waals surface area contributed by atoms with Gasteiger partial charge in [-0.1, -0.05) is 39.8 Å². The second-order valence-corrected chi connectivity index (χ2v) is 8.01. The van der Waals surface area contributed by atoms with Crippen LogP contribution in [0.15, 0.2) is 12.1 Å². The first-order chi connectivity index (χ1) is 8.79. The van der Waals surface area contributed by atoms with E-state index in [0.717, 1.165) is 6.54 Å². The summed E-state index contributed by atoms with van der Waals surface area (Å²) in [5.41, 5.74) is 7.11. The summed E-state index contributed by atoms with van der Waals surface area (Å²) in [6.45, 7) is 11.8. The molecule has 19 heavy (non-hydrogen) atoms. The average molecular weight is 257 g/mol. The molecule has 1 aromatic carbocycles. The van der Waals surface area contributed by atoms with E-state index in [4.69, 9.17) is 0 Å². The van der Waals surface area contributed by atoms with Gasteiger partial charge in [0.05, 0.1) is 0 Å². The predicted molar refractivity (Wildman–Crippen MR) is 81.8 cm³/mol. The van der Waals surface area contributed by atoms with Crippen LogP contribution in [-0.4, -0.2) is 18.5 Å². The summed E-state index contributed by atoms with van der Waals surface area (Å²) in [7, 11) is 2.27. The Labute approximate surface area is 118 Å². The van der Waals surface area contributed by atoms with Crippen LogP contribution >= 0.6 is 0 Å². The highest BCUT2D eigenvalue weighted by molar-refractivity contribution is 5.48. The minimum atomic E-state index is 0.259. The number of rotatable bonds is 0. The molecule has 0 spiro atoms. The number of hydrogen-bond donors (Lipinski definition) is 0. The van der Waals surface area contributed by atoms with Crippen molar-refractivity contribution in [1.29, 1.82) is 0 Å². The summed E-state index contributed by atoms with van der Waals surface area (Å²) in [6.07, 6.45) is 3.99. The van der Waals surface area contributed by atoms with Crippen molar-refractivity contribution in [2.75, 3.05) is 13.6 Å². The van der Waals surface area contributed by atoms with Gasteiger partial charge in [-0.25, -0.2) is 0 Å².